The summed E-state index contributed by atoms with van der Waals surface area (Å²) in [6, 6.07) is 0. The van der Waals surface area contributed by atoms with Crippen molar-refractivity contribution in [3.63, 3.8) is 0 Å². The van der Waals surface area contributed by atoms with Crippen LogP contribution in [0.15, 0.2) is 0 Å². The average Bonchev–Trinajstić information content (AvgIpc) is 2.44. The lowest BCUT2D eigenvalue weighted by Crippen LogP contribution is -2.48. The summed E-state index contributed by atoms with van der Waals surface area (Å²) in [7, 11) is 3.00. The van der Waals surface area contributed by atoms with Crippen LogP contribution >= 0.6 is 15.9 Å². The third-order valence-corrected chi connectivity index (χ3v) is 3.32. The van der Waals surface area contributed by atoms with Crippen LogP contribution in [0, 0.1) is 0 Å². The van der Waals surface area contributed by atoms with E-state index in [1.54, 1.807) is 0 Å². The highest BCUT2D eigenvalue weighted by molar-refractivity contribution is 9.09. The molecule has 1 fully saturated rings. The van der Waals surface area contributed by atoms with Crippen LogP contribution in [0.1, 0.15) is 0 Å². The fourth-order valence-corrected chi connectivity index (χ4v) is 2.43. The van der Waals surface area contributed by atoms with Gasteiger partial charge in [-0.2, -0.15) is 8.78 Å². The molecule has 16 heavy (non-hydrogen) atoms. The number of methoxy groups -OCH3 is 2. The Bertz CT molecular complexity index is 222. The highest BCUT2D eigenvalue weighted by atomic mass is 79.9. The van der Waals surface area contributed by atoms with Crippen molar-refractivity contribution in [3.05, 3.63) is 0 Å². The van der Waals surface area contributed by atoms with Crippen molar-refractivity contribution in [1.29, 1.82) is 0 Å². The molecule has 0 bridgehead atoms. The molecule has 0 spiro atoms. The Morgan fingerprint density at radius 2 is 1.81 bits per heavy atom. The van der Waals surface area contributed by atoms with Gasteiger partial charge in [0.1, 0.15) is 0 Å². The van der Waals surface area contributed by atoms with Crippen LogP contribution in [0.4, 0.5) is 8.78 Å². The molecule has 0 N–H and O–H groups in total. The highest BCUT2D eigenvalue weighted by Gasteiger charge is 2.52. The zero-order valence-electron chi connectivity index (χ0n) is 9.46. The van der Waals surface area contributed by atoms with E-state index in [0.717, 1.165) is 9.80 Å². The molecule has 0 amide bonds. The first-order chi connectivity index (χ1) is 7.54. The van der Waals surface area contributed by atoms with E-state index < -0.39 is 6.17 Å². The molecule has 0 aromatic heterocycles. The van der Waals surface area contributed by atoms with Gasteiger partial charge in [0.2, 0.25) is 0 Å². The van der Waals surface area contributed by atoms with Gasteiger partial charge in [-0.05, 0) is 0 Å². The van der Waals surface area contributed by atoms with Gasteiger partial charge in [0, 0.05) is 33.9 Å². The fraction of sp³-hybridized carbons (Fsp3) is 1.00. The second kappa shape index (κ2) is 6.20. The molecule has 0 radical (unpaired) electrons. The largest absolute Gasteiger partial charge is 0.383 e. The quantitative estimate of drug-likeness (QED) is 0.543. The van der Waals surface area contributed by atoms with Crippen LogP contribution in [0.5, 0.6) is 0 Å². The molecule has 0 aromatic rings. The second-order valence-electron chi connectivity index (χ2n) is 3.57. The lowest BCUT2D eigenvalue weighted by Gasteiger charge is -2.29. The van der Waals surface area contributed by atoms with Crippen LogP contribution in [-0.4, -0.2) is 68.0 Å². The monoisotopic (exact) mass is 302 g/mol. The van der Waals surface area contributed by atoms with Crippen LogP contribution in [0.25, 0.3) is 0 Å². The summed E-state index contributed by atoms with van der Waals surface area (Å²) in [5, 5.41) is 0. The molecule has 1 heterocycles. The van der Waals surface area contributed by atoms with E-state index in [1.807, 2.05) is 0 Å². The summed E-state index contributed by atoms with van der Waals surface area (Å²) in [6.07, 6.45) is -2.94. The lowest BCUT2D eigenvalue weighted by molar-refractivity contribution is -0.215. The van der Waals surface area contributed by atoms with Crippen molar-refractivity contribution in [3.8, 4) is 0 Å². The number of halogens is 3. The molecule has 0 aromatic carbocycles. The Kier molecular flexibility index (Phi) is 5.52. The molecule has 0 saturated carbocycles. The van der Waals surface area contributed by atoms with Crippen LogP contribution in [-0.2, 0) is 9.47 Å². The SMILES string of the molecule is COCCN1CC(Br)N(CCOC)C1(F)F. The second-order valence-corrected chi connectivity index (χ2v) is 4.63. The molecule has 1 unspecified atom stereocenters. The van der Waals surface area contributed by atoms with Gasteiger partial charge >= 0.3 is 6.17 Å². The minimum atomic E-state index is -2.94. The van der Waals surface area contributed by atoms with Gasteiger partial charge in [-0.1, -0.05) is 15.9 Å². The van der Waals surface area contributed by atoms with Crippen LogP contribution in [0.3, 0.4) is 0 Å². The molecular weight excluding hydrogens is 286 g/mol. The summed E-state index contributed by atoms with van der Waals surface area (Å²) in [5.41, 5.74) is 0. The lowest BCUT2D eigenvalue weighted by atomic mass is 10.5. The van der Waals surface area contributed by atoms with E-state index in [9.17, 15) is 8.78 Å². The summed E-state index contributed by atoms with van der Waals surface area (Å²) in [6.45, 7) is 1.28. The van der Waals surface area contributed by atoms with E-state index in [0.29, 0.717) is 6.61 Å². The van der Waals surface area contributed by atoms with E-state index in [4.69, 9.17) is 9.47 Å². The van der Waals surface area contributed by atoms with Gasteiger partial charge in [-0.15, -0.1) is 0 Å². The van der Waals surface area contributed by atoms with Crippen LogP contribution < -0.4 is 0 Å². The van der Waals surface area contributed by atoms with E-state index in [-0.39, 0.29) is 31.2 Å². The molecule has 7 heteroatoms. The number of hydrogen-bond donors (Lipinski definition) is 0. The normalized spacial score (nSPS) is 26.4. The van der Waals surface area contributed by atoms with Gasteiger partial charge in [0.05, 0.1) is 18.2 Å². The average molecular weight is 303 g/mol. The number of nitrogens with zero attached hydrogens (tertiary/aromatic N) is 2. The maximum Gasteiger partial charge on any atom is 0.370 e. The molecule has 0 aliphatic carbocycles. The molecule has 1 aliphatic rings. The minimum absolute atomic E-state index is 0.197. The Labute approximate surface area is 103 Å². The van der Waals surface area contributed by atoms with Gasteiger partial charge in [-0.25, -0.2) is 9.80 Å². The first-order valence-corrected chi connectivity index (χ1v) is 5.97. The molecule has 1 rings (SSSR count). The third-order valence-electron chi connectivity index (χ3n) is 2.54. The molecular formula is C9H17BrF2N2O2. The van der Waals surface area contributed by atoms with Gasteiger partial charge in [-0.3, -0.25) is 0 Å². The van der Waals surface area contributed by atoms with Crippen molar-refractivity contribution in [2.24, 2.45) is 0 Å². The first kappa shape index (κ1) is 14.2. The molecule has 1 saturated heterocycles. The van der Waals surface area contributed by atoms with Crippen molar-refractivity contribution < 1.29 is 18.3 Å². The first-order valence-electron chi connectivity index (χ1n) is 5.05. The zero-order chi connectivity index (χ0) is 12.2. The van der Waals surface area contributed by atoms with E-state index in [1.165, 1.54) is 14.2 Å². The number of ether oxygens (including phenoxy) is 2. The smallest absolute Gasteiger partial charge is 0.370 e. The number of alkyl halides is 3. The summed E-state index contributed by atoms with van der Waals surface area (Å²) in [4.78, 5) is 1.84. The fourth-order valence-electron chi connectivity index (χ4n) is 1.63. The predicted octanol–water partition coefficient (Wildman–Crippen LogP) is 1.17. The Balaban J connectivity index is 2.58. The summed E-state index contributed by atoms with van der Waals surface area (Å²) in [5.74, 6) is 0. The number of hydrogen-bond acceptors (Lipinski definition) is 4. The van der Waals surface area contributed by atoms with Crippen LogP contribution in [0.2, 0.25) is 0 Å². The van der Waals surface area contributed by atoms with E-state index in [2.05, 4.69) is 15.9 Å². The maximum absolute atomic E-state index is 13.9. The summed E-state index contributed by atoms with van der Waals surface area (Å²) < 4.78 is 37.4. The molecule has 1 aliphatic heterocycles. The van der Waals surface area contributed by atoms with Crippen molar-refractivity contribution in [2.45, 2.75) is 11.1 Å². The summed E-state index contributed by atoms with van der Waals surface area (Å²) >= 11 is 3.25. The van der Waals surface area contributed by atoms with Gasteiger partial charge < -0.3 is 9.47 Å². The van der Waals surface area contributed by atoms with Crippen molar-refractivity contribution >= 4 is 15.9 Å². The Morgan fingerprint density at radius 1 is 1.25 bits per heavy atom. The number of rotatable bonds is 6. The van der Waals surface area contributed by atoms with Gasteiger partial charge in [0.15, 0.2) is 0 Å². The Morgan fingerprint density at radius 3 is 2.38 bits per heavy atom. The highest BCUT2D eigenvalue weighted by Crippen LogP contribution is 2.35. The van der Waals surface area contributed by atoms with Gasteiger partial charge in [0.25, 0.3) is 0 Å². The topological polar surface area (TPSA) is 24.9 Å². The minimum Gasteiger partial charge on any atom is -0.383 e. The maximum atomic E-state index is 13.9. The Hall–Kier alpha value is 0.180. The molecule has 96 valence electrons. The van der Waals surface area contributed by atoms with Crippen molar-refractivity contribution in [2.75, 3.05) is 47.1 Å². The molecule has 4 nitrogen and oxygen atoms in total. The van der Waals surface area contributed by atoms with Crippen molar-refractivity contribution in [1.82, 2.24) is 9.80 Å². The molecule has 1 atom stereocenters. The standard InChI is InChI=1S/C9H17BrF2N2O2/c1-15-5-3-13-7-8(10)14(4-6-16-2)9(13,11)12/h8H,3-7H2,1-2H3. The third kappa shape index (κ3) is 3.10. The predicted molar refractivity (Wildman–Crippen MR) is 59.7 cm³/mol. The zero-order valence-corrected chi connectivity index (χ0v) is 11.0. The van der Waals surface area contributed by atoms with E-state index >= 15 is 0 Å².